The van der Waals surface area contributed by atoms with Gasteiger partial charge < -0.3 is 58.1 Å². The van der Waals surface area contributed by atoms with Crippen LogP contribution in [0.15, 0.2) is 12.2 Å². The lowest BCUT2D eigenvalue weighted by Crippen LogP contribution is -2.61. The second-order valence-electron chi connectivity index (χ2n) is 15.0. The van der Waals surface area contributed by atoms with Gasteiger partial charge in [-0.05, 0) is 46.5 Å². The van der Waals surface area contributed by atoms with Crippen LogP contribution in [0.2, 0.25) is 0 Å². The number of amides is 6. The van der Waals surface area contributed by atoms with Gasteiger partial charge >= 0.3 is 23.9 Å². The van der Waals surface area contributed by atoms with E-state index < -0.39 is 159 Å². The molecule has 0 aliphatic carbocycles. The van der Waals surface area contributed by atoms with Gasteiger partial charge in [-0.15, -0.1) is 0 Å². The van der Waals surface area contributed by atoms with Crippen LogP contribution in [0.3, 0.4) is 0 Å². The Balaban J connectivity index is 3.40. The molecule has 0 saturated heterocycles. The lowest BCUT2D eigenvalue weighted by molar-refractivity contribution is -0.145. The SMILES string of the molecule is CC(C)N[C@@H](CCC(=O)O)C(=O)N[C@@H](CCC(=O)[C@H](CCC(=O)O)NC(=O)[C@H](CNC(=O)[C@H](CN)N1C(=O)C=CC1=O)NC(=O)[C@H](CCC(=O)O)NC(C)(C)C)C(=O)O. The van der Waals surface area contributed by atoms with Crippen LogP contribution in [0.5, 0.6) is 0 Å². The Morgan fingerprint density at radius 3 is 1.51 bits per heavy atom. The number of hydrogen-bond donors (Lipinski definition) is 11. The summed E-state index contributed by atoms with van der Waals surface area (Å²) in [7, 11) is 0. The predicted molar refractivity (Wildman–Crippen MR) is 204 cm³/mol. The third kappa shape index (κ3) is 19.0. The van der Waals surface area contributed by atoms with Crippen molar-refractivity contribution in [1.29, 1.82) is 0 Å². The van der Waals surface area contributed by atoms with Gasteiger partial charge in [-0.25, -0.2) is 4.79 Å². The standard InChI is InChI=1S/C36H56N8O15/c1-18(2)39-20(8-14-29(50)51)31(54)41-22(35(58)59)6-10-25(45)19(7-13-28(48)49)40-33(56)23(42-32(55)21(9-15-30(52)53)43-36(3,4)5)17-38-34(57)24(16-37)44-26(46)11-12-27(44)47/h11-12,18-24,39,43H,6-10,13-17,37H2,1-5H3,(H,38,57)(H,40,56)(H,41,54)(H,42,55)(H,48,49)(H,50,51)(H,52,53)(H,58,59)/t19-,20-,21-,22-,23-,24-/m0/s1. The molecule has 0 saturated carbocycles. The fourth-order valence-electron chi connectivity index (χ4n) is 5.71. The number of imide groups is 1. The van der Waals surface area contributed by atoms with Crippen molar-refractivity contribution >= 4 is 65.1 Å². The summed E-state index contributed by atoms with van der Waals surface area (Å²) in [6, 6.07) is -9.22. The summed E-state index contributed by atoms with van der Waals surface area (Å²) in [6.07, 6.45) is -1.88. The van der Waals surface area contributed by atoms with E-state index in [1.54, 1.807) is 34.6 Å². The Hall–Kier alpha value is -5.81. The van der Waals surface area contributed by atoms with Crippen LogP contribution in [0.4, 0.5) is 0 Å². The highest BCUT2D eigenvalue weighted by Crippen LogP contribution is 2.12. The summed E-state index contributed by atoms with van der Waals surface area (Å²) in [6.45, 7) is 7.11. The zero-order valence-electron chi connectivity index (χ0n) is 33.6. The molecule has 23 heteroatoms. The van der Waals surface area contributed by atoms with Gasteiger partial charge in [0.05, 0.1) is 18.1 Å². The second-order valence-corrected chi connectivity index (χ2v) is 15.0. The van der Waals surface area contributed by atoms with Crippen molar-refractivity contribution in [3.8, 4) is 0 Å². The molecule has 330 valence electrons. The summed E-state index contributed by atoms with van der Waals surface area (Å²) in [5.74, 6) is -11.9. The third-order valence-electron chi connectivity index (χ3n) is 8.51. The molecule has 6 atom stereocenters. The van der Waals surface area contributed by atoms with E-state index >= 15 is 0 Å². The summed E-state index contributed by atoms with van der Waals surface area (Å²) in [5, 5.41) is 52.6. The minimum Gasteiger partial charge on any atom is -0.481 e. The van der Waals surface area contributed by atoms with Gasteiger partial charge in [0.1, 0.15) is 18.1 Å². The number of ketones is 1. The van der Waals surface area contributed by atoms with E-state index in [-0.39, 0.29) is 18.9 Å². The first kappa shape index (κ1) is 51.2. The van der Waals surface area contributed by atoms with Gasteiger partial charge in [0, 0.05) is 62.5 Å². The van der Waals surface area contributed by atoms with Crippen LogP contribution >= 0.6 is 0 Å². The van der Waals surface area contributed by atoms with Crippen LogP contribution in [0.25, 0.3) is 0 Å². The minimum atomic E-state index is -1.76. The fraction of sp³-hybridized carbons (Fsp3) is 0.639. The van der Waals surface area contributed by atoms with E-state index in [9.17, 15) is 68.1 Å². The molecule has 1 heterocycles. The van der Waals surface area contributed by atoms with Crippen molar-refractivity contribution in [2.75, 3.05) is 13.1 Å². The van der Waals surface area contributed by atoms with Crippen molar-refractivity contribution in [2.24, 2.45) is 5.73 Å². The number of nitrogens with two attached hydrogens (primary N) is 1. The van der Waals surface area contributed by atoms with Crippen LogP contribution < -0.4 is 37.6 Å². The van der Waals surface area contributed by atoms with Gasteiger partial charge in [0.25, 0.3) is 11.8 Å². The number of carboxylic acid groups (broad SMARTS) is 4. The third-order valence-corrected chi connectivity index (χ3v) is 8.51. The molecule has 0 fully saturated rings. The number of carboxylic acids is 4. The molecule has 1 aliphatic rings. The van der Waals surface area contributed by atoms with Crippen LogP contribution in [-0.2, 0) is 52.7 Å². The molecule has 0 radical (unpaired) electrons. The molecule has 1 aliphatic heterocycles. The molecule has 0 spiro atoms. The first-order valence-corrected chi connectivity index (χ1v) is 18.8. The number of rotatable bonds is 28. The molecular formula is C36H56N8O15. The largest absolute Gasteiger partial charge is 0.481 e. The molecule has 0 bridgehead atoms. The summed E-state index contributed by atoms with van der Waals surface area (Å²) < 4.78 is 0. The Bertz CT molecular complexity index is 1610. The molecule has 1 rings (SSSR count). The van der Waals surface area contributed by atoms with E-state index in [1.165, 1.54) is 0 Å². The van der Waals surface area contributed by atoms with Gasteiger partial charge in [0.2, 0.25) is 23.6 Å². The Morgan fingerprint density at radius 2 is 1.05 bits per heavy atom. The monoisotopic (exact) mass is 840 g/mol. The molecule has 23 nitrogen and oxygen atoms in total. The lowest BCUT2D eigenvalue weighted by Gasteiger charge is -2.30. The zero-order valence-corrected chi connectivity index (χ0v) is 33.6. The summed E-state index contributed by atoms with van der Waals surface area (Å²) >= 11 is 0. The van der Waals surface area contributed by atoms with Crippen LogP contribution in [0, 0.1) is 0 Å². The highest BCUT2D eigenvalue weighted by molar-refractivity contribution is 6.15. The van der Waals surface area contributed by atoms with E-state index in [0.717, 1.165) is 12.2 Å². The quantitative estimate of drug-likeness (QED) is 0.0349. The molecule has 0 aromatic carbocycles. The van der Waals surface area contributed by atoms with Crippen molar-refractivity contribution in [3.05, 3.63) is 12.2 Å². The Morgan fingerprint density at radius 1 is 0.627 bits per heavy atom. The Labute approximate surface area is 339 Å². The molecule has 0 unspecified atom stereocenters. The minimum absolute atomic E-state index is 0.183. The van der Waals surface area contributed by atoms with Gasteiger partial charge in [-0.2, -0.15) is 0 Å². The molecule has 59 heavy (non-hydrogen) atoms. The average Bonchev–Trinajstić information content (AvgIpc) is 3.45. The molecule has 12 N–H and O–H groups in total. The summed E-state index contributed by atoms with van der Waals surface area (Å²) in [5.41, 5.74) is 4.93. The second kappa shape index (κ2) is 24.2. The van der Waals surface area contributed by atoms with Gasteiger partial charge in [-0.3, -0.25) is 52.8 Å². The summed E-state index contributed by atoms with van der Waals surface area (Å²) in [4.78, 5) is 138. The number of nitrogens with one attached hydrogen (secondary N) is 6. The van der Waals surface area contributed by atoms with Gasteiger partial charge in [-0.1, -0.05) is 13.8 Å². The smallest absolute Gasteiger partial charge is 0.326 e. The highest BCUT2D eigenvalue weighted by Gasteiger charge is 2.37. The van der Waals surface area contributed by atoms with Crippen molar-refractivity contribution < 1.29 is 73.2 Å². The number of nitrogens with zero attached hydrogens (tertiary/aromatic N) is 1. The Kier molecular flexibility index (Phi) is 21.0. The molecule has 0 aromatic heterocycles. The van der Waals surface area contributed by atoms with Crippen LogP contribution in [-0.4, -0.2) is 151 Å². The number of carbonyl (C=O) groups excluding carboxylic acids is 7. The zero-order chi connectivity index (χ0) is 45.2. The first-order chi connectivity index (χ1) is 27.4. The van der Waals surface area contributed by atoms with Gasteiger partial charge in [0.15, 0.2) is 5.78 Å². The van der Waals surface area contributed by atoms with Crippen molar-refractivity contribution in [2.45, 2.75) is 134 Å². The normalized spacial score (nSPS) is 15.7. The number of hydrogen-bond acceptors (Lipinski definition) is 14. The molecule has 6 amide bonds. The fourth-order valence-corrected chi connectivity index (χ4v) is 5.71. The van der Waals surface area contributed by atoms with Crippen LogP contribution in [0.1, 0.15) is 86.0 Å². The maximum absolute atomic E-state index is 13.8. The first-order valence-electron chi connectivity index (χ1n) is 18.8. The number of carbonyl (C=O) groups is 11. The van der Waals surface area contributed by atoms with Crippen molar-refractivity contribution in [3.63, 3.8) is 0 Å². The maximum atomic E-state index is 13.8. The van der Waals surface area contributed by atoms with E-state index in [4.69, 9.17) is 10.8 Å². The topological polar surface area (TPSA) is 370 Å². The highest BCUT2D eigenvalue weighted by atomic mass is 16.4. The number of aliphatic carboxylic acids is 4. The lowest BCUT2D eigenvalue weighted by atomic mass is 9.99. The molecular weight excluding hydrogens is 784 g/mol. The maximum Gasteiger partial charge on any atom is 0.326 e. The predicted octanol–water partition coefficient (Wildman–Crippen LogP) is -3.04. The molecule has 0 aromatic rings. The van der Waals surface area contributed by atoms with E-state index in [1.807, 2.05) is 0 Å². The van der Waals surface area contributed by atoms with E-state index in [0.29, 0.717) is 4.90 Å². The van der Waals surface area contributed by atoms with E-state index in [2.05, 4.69) is 31.9 Å². The number of Topliss-reactive ketones (excluding diaryl/α,β-unsaturated/α-hetero) is 1. The average molecular weight is 841 g/mol. The van der Waals surface area contributed by atoms with Crippen molar-refractivity contribution in [1.82, 2.24) is 36.8 Å².